The molecule has 30 heavy (non-hydrogen) atoms. The summed E-state index contributed by atoms with van der Waals surface area (Å²) in [7, 11) is 0. The number of halogens is 4. The van der Waals surface area contributed by atoms with E-state index in [0.29, 0.717) is 43.1 Å². The molecule has 2 aliphatic rings. The van der Waals surface area contributed by atoms with Gasteiger partial charge >= 0.3 is 6.18 Å². The zero-order valence-corrected chi connectivity index (χ0v) is 15.9. The zero-order valence-electron chi connectivity index (χ0n) is 15.9. The number of ether oxygens (including phenoxy) is 1. The fourth-order valence-electron chi connectivity index (χ4n) is 4.33. The monoisotopic (exact) mass is 420 g/mol. The van der Waals surface area contributed by atoms with Crippen molar-refractivity contribution >= 4 is 16.7 Å². The standard InChI is InChI=1S/C21H20F4N4O/c22-12-8-9-29(10-12)16-11-30-17-7-2-1-4-13(17)18(16)26-14-5-3-6-15-19(14)28-20(27-15)21(23,24)25/h1-7,12,16,18,26H,8-11H2,(H,27,28). The molecule has 2 N–H and O–H groups in total. The number of hydrogen-bond donors (Lipinski definition) is 2. The second-order valence-corrected chi connectivity index (χ2v) is 7.70. The van der Waals surface area contributed by atoms with E-state index in [-0.39, 0.29) is 17.6 Å². The van der Waals surface area contributed by atoms with E-state index in [9.17, 15) is 17.6 Å². The van der Waals surface area contributed by atoms with Crippen LogP contribution in [0, 0.1) is 0 Å². The highest BCUT2D eigenvalue weighted by molar-refractivity contribution is 5.88. The zero-order chi connectivity index (χ0) is 20.9. The number of imidazole rings is 1. The first-order valence-corrected chi connectivity index (χ1v) is 9.82. The van der Waals surface area contributed by atoms with Crippen molar-refractivity contribution in [2.75, 3.05) is 25.0 Å². The fraction of sp³-hybridized carbons (Fsp3) is 0.381. The van der Waals surface area contributed by atoms with Crippen LogP contribution in [0.15, 0.2) is 42.5 Å². The summed E-state index contributed by atoms with van der Waals surface area (Å²) in [5.74, 6) is -0.317. The molecule has 0 spiro atoms. The van der Waals surface area contributed by atoms with Gasteiger partial charge in [0.25, 0.3) is 0 Å². The van der Waals surface area contributed by atoms with Crippen molar-refractivity contribution in [2.45, 2.75) is 30.9 Å². The molecule has 3 heterocycles. The molecule has 0 amide bonds. The van der Waals surface area contributed by atoms with Crippen LogP contribution in [0.25, 0.3) is 11.0 Å². The highest BCUT2D eigenvalue weighted by atomic mass is 19.4. The smallest absolute Gasteiger partial charge is 0.449 e. The van der Waals surface area contributed by atoms with Gasteiger partial charge in [-0.25, -0.2) is 9.37 Å². The van der Waals surface area contributed by atoms with Gasteiger partial charge in [0, 0.05) is 18.7 Å². The second kappa shape index (κ2) is 7.16. The number of nitrogens with zero attached hydrogens (tertiary/aromatic N) is 2. The van der Waals surface area contributed by atoms with Crippen LogP contribution in [0.1, 0.15) is 23.9 Å². The predicted octanol–water partition coefficient (Wildman–Crippen LogP) is 4.54. The Hall–Kier alpha value is -2.81. The number of fused-ring (bicyclic) bond motifs is 2. The molecule has 5 rings (SSSR count). The molecule has 2 aromatic carbocycles. The molecule has 1 aromatic heterocycles. The number of anilines is 1. The van der Waals surface area contributed by atoms with Crippen molar-refractivity contribution in [1.29, 1.82) is 0 Å². The molecule has 2 aliphatic heterocycles. The van der Waals surface area contributed by atoms with Crippen LogP contribution in [0.4, 0.5) is 23.2 Å². The first-order valence-electron chi connectivity index (χ1n) is 9.82. The summed E-state index contributed by atoms with van der Waals surface area (Å²) in [6.07, 6.45) is -4.98. The SMILES string of the molecule is FC1CCN(C2COc3ccccc3C2Nc2cccc3[nH]c(C(F)(F)F)nc23)C1. The van der Waals surface area contributed by atoms with Gasteiger partial charge in [-0.3, -0.25) is 4.90 Å². The predicted molar refractivity (Wildman–Crippen MR) is 104 cm³/mol. The van der Waals surface area contributed by atoms with Gasteiger partial charge in [0.05, 0.1) is 23.3 Å². The van der Waals surface area contributed by atoms with E-state index in [0.717, 1.165) is 5.56 Å². The van der Waals surface area contributed by atoms with Crippen LogP contribution < -0.4 is 10.1 Å². The Balaban J connectivity index is 1.54. The molecule has 1 saturated heterocycles. The lowest BCUT2D eigenvalue weighted by atomic mass is 9.94. The van der Waals surface area contributed by atoms with E-state index < -0.39 is 18.2 Å². The number of H-pyrrole nitrogens is 1. The van der Waals surface area contributed by atoms with Gasteiger partial charge in [-0.15, -0.1) is 0 Å². The number of nitrogens with one attached hydrogen (secondary N) is 2. The van der Waals surface area contributed by atoms with Crippen LogP contribution >= 0.6 is 0 Å². The molecule has 0 bridgehead atoms. The highest BCUT2D eigenvalue weighted by Crippen LogP contribution is 2.39. The van der Waals surface area contributed by atoms with Gasteiger partial charge in [0.2, 0.25) is 5.82 Å². The van der Waals surface area contributed by atoms with Gasteiger partial charge in [0.1, 0.15) is 24.0 Å². The van der Waals surface area contributed by atoms with Gasteiger partial charge < -0.3 is 15.0 Å². The van der Waals surface area contributed by atoms with E-state index in [1.807, 2.05) is 29.2 Å². The van der Waals surface area contributed by atoms with Crippen molar-refractivity contribution in [2.24, 2.45) is 0 Å². The molecular weight excluding hydrogens is 400 g/mol. The Bertz CT molecular complexity index is 1070. The van der Waals surface area contributed by atoms with E-state index >= 15 is 0 Å². The van der Waals surface area contributed by atoms with Gasteiger partial charge in [-0.05, 0) is 24.6 Å². The van der Waals surface area contributed by atoms with Crippen molar-refractivity contribution in [3.05, 3.63) is 53.9 Å². The maximum Gasteiger partial charge on any atom is 0.449 e. The highest BCUT2D eigenvalue weighted by Gasteiger charge is 2.39. The molecule has 3 unspecified atom stereocenters. The molecule has 1 fully saturated rings. The molecule has 0 radical (unpaired) electrons. The third-order valence-corrected chi connectivity index (χ3v) is 5.77. The molecular formula is C21H20F4N4O. The van der Waals surface area contributed by atoms with Crippen molar-refractivity contribution in [1.82, 2.24) is 14.9 Å². The fourth-order valence-corrected chi connectivity index (χ4v) is 4.33. The van der Waals surface area contributed by atoms with Gasteiger partial charge in [-0.1, -0.05) is 24.3 Å². The summed E-state index contributed by atoms with van der Waals surface area (Å²) >= 11 is 0. The summed E-state index contributed by atoms with van der Waals surface area (Å²) in [6, 6.07) is 12.1. The minimum absolute atomic E-state index is 0.156. The number of likely N-dealkylation sites (tertiary alicyclic amines) is 1. The van der Waals surface area contributed by atoms with E-state index in [2.05, 4.69) is 15.3 Å². The number of aromatic amines is 1. The van der Waals surface area contributed by atoms with Crippen LogP contribution in [0.3, 0.4) is 0 Å². The molecule has 3 aromatic rings. The minimum Gasteiger partial charge on any atom is -0.491 e. The summed E-state index contributed by atoms with van der Waals surface area (Å²) in [6.45, 7) is 1.30. The van der Waals surface area contributed by atoms with Crippen molar-refractivity contribution < 1.29 is 22.3 Å². The molecule has 158 valence electrons. The van der Waals surface area contributed by atoms with Gasteiger partial charge in [0.15, 0.2) is 0 Å². The maximum atomic E-state index is 13.9. The number of benzene rings is 2. The Kier molecular flexibility index (Phi) is 4.57. The Labute approximate surface area is 170 Å². The molecule has 5 nitrogen and oxygen atoms in total. The topological polar surface area (TPSA) is 53.2 Å². The minimum atomic E-state index is -4.56. The van der Waals surface area contributed by atoms with E-state index in [1.165, 1.54) is 0 Å². The maximum absolute atomic E-state index is 13.9. The first kappa shape index (κ1) is 19.2. The Morgan fingerprint density at radius 3 is 2.73 bits per heavy atom. The summed E-state index contributed by atoms with van der Waals surface area (Å²) in [4.78, 5) is 8.18. The lowest BCUT2D eigenvalue weighted by Gasteiger charge is -2.39. The Morgan fingerprint density at radius 1 is 1.13 bits per heavy atom. The quantitative estimate of drug-likeness (QED) is 0.611. The average molecular weight is 420 g/mol. The summed E-state index contributed by atoms with van der Waals surface area (Å²) < 4.78 is 59.2. The van der Waals surface area contributed by atoms with Gasteiger partial charge in [-0.2, -0.15) is 13.2 Å². The van der Waals surface area contributed by atoms with Crippen LogP contribution in [-0.4, -0.2) is 46.8 Å². The van der Waals surface area contributed by atoms with Crippen LogP contribution in [0.5, 0.6) is 5.75 Å². The van der Waals surface area contributed by atoms with Crippen molar-refractivity contribution in [3.63, 3.8) is 0 Å². The second-order valence-electron chi connectivity index (χ2n) is 7.70. The molecule has 3 atom stereocenters. The van der Waals surface area contributed by atoms with E-state index in [4.69, 9.17) is 4.74 Å². The largest absolute Gasteiger partial charge is 0.491 e. The van der Waals surface area contributed by atoms with Crippen LogP contribution in [-0.2, 0) is 6.18 Å². The number of para-hydroxylation sites is 2. The number of rotatable bonds is 3. The molecule has 9 heteroatoms. The third kappa shape index (κ3) is 3.36. The summed E-state index contributed by atoms with van der Waals surface area (Å²) in [5.41, 5.74) is 1.90. The van der Waals surface area contributed by atoms with Crippen molar-refractivity contribution in [3.8, 4) is 5.75 Å². The molecule has 0 aliphatic carbocycles. The number of alkyl halides is 4. The number of aromatic nitrogens is 2. The third-order valence-electron chi connectivity index (χ3n) is 5.77. The first-order chi connectivity index (χ1) is 14.4. The van der Waals surface area contributed by atoms with E-state index in [1.54, 1.807) is 18.2 Å². The molecule has 0 saturated carbocycles. The lowest BCUT2D eigenvalue weighted by Crippen LogP contribution is -2.47. The van der Waals surface area contributed by atoms with Crippen LogP contribution in [0.2, 0.25) is 0 Å². The average Bonchev–Trinajstić information content (AvgIpc) is 3.35. The summed E-state index contributed by atoms with van der Waals surface area (Å²) in [5, 5.41) is 3.39. The number of hydrogen-bond acceptors (Lipinski definition) is 4. The normalized spacial score (nSPS) is 24.6. The lowest BCUT2D eigenvalue weighted by molar-refractivity contribution is -0.144. The Morgan fingerprint density at radius 2 is 1.97 bits per heavy atom.